The predicted octanol–water partition coefficient (Wildman–Crippen LogP) is 1.90. The number of benzene rings is 1. The Kier molecular flexibility index (Phi) is 6.17. The van der Waals surface area contributed by atoms with Gasteiger partial charge in [0.25, 0.3) is 5.69 Å². The fourth-order valence-corrected chi connectivity index (χ4v) is 1.76. The van der Waals surface area contributed by atoms with E-state index in [9.17, 15) is 14.5 Å². The Morgan fingerprint density at radius 2 is 2.26 bits per heavy atom. The lowest BCUT2D eigenvalue weighted by Crippen LogP contribution is -2.25. The molecule has 0 aliphatic carbocycles. The maximum absolute atomic E-state index is 13.3. The maximum Gasteiger partial charge on any atom is 0.274 e. The molecule has 6 nitrogen and oxygen atoms in total. The average Bonchev–Trinajstić information content (AvgIpc) is 2.35. The van der Waals surface area contributed by atoms with E-state index >= 15 is 0 Å². The van der Waals surface area contributed by atoms with Gasteiger partial charge in [-0.1, -0.05) is 0 Å². The first-order valence-electron chi connectivity index (χ1n) is 5.97. The van der Waals surface area contributed by atoms with Gasteiger partial charge in [-0.15, -0.1) is 0 Å². The minimum Gasteiger partial charge on any atom is -0.383 e. The maximum atomic E-state index is 13.3. The van der Waals surface area contributed by atoms with Crippen LogP contribution in [0.1, 0.15) is 12.8 Å². The lowest BCUT2D eigenvalue weighted by Gasteiger charge is -2.18. The Bertz CT molecular complexity index is 429. The fraction of sp³-hybridized carbons (Fsp3) is 0.500. The number of nitrogens with one attached hydrogen (secondary N) is 1. The monoisotopic (exact) mass is 271 g/mol. The molecule has 0 saturated carbocycles. The highest BCUT2D eigenvalue weighted by molar-refractivity contribution is 5.52. The van der Waals surface area contributed by atoms with Crippen LogP contribution in [0.15, 0.2) is 18.2 Å². The van der Waals surface area contributed by atoms with E-state index in [0.29, 0.717) is 18.8 Å². The summed E-state index contributed by atoms with van der Waals surface area (Å²) < 4.78 is 18.3. The molecule has 0 heterocycles. The standard InChI is InChI=1S/C12H18FN3O3/c1-19-8-10(3-2-4-14)15-11-5-9(13)6-12(7-11)16(17)18/h5-7,10,15H,2-4,8,14H2,1H3. The molecule has 1 rings (SSSR count). The highest BCUT2D eigenvalue weighted by Crippen LogP contribution is 2.21. The third kappa shape index (κ3) is 5.19. The lowest BCUT2D eigenvalue weighted by molar-refractivity contribution is -0.385. The van der Waals surface area contributed by atoms with Gasteiger partial charge in [-0.3, -0.25) is 10.1 Å². The van der Waals surface area contributed by atoms with Gasteiger partial charge in [-0.25, -0.2) is 4.39 Å². The topological polar surface area (TPSA) is 90.4 Å². The molecule has 19 heavy (non-hydrogen) atoms. The molecule has 0 spiro atoms. The van der Waals surface area contributed by atoms with Crippen molar-refractivity contribution >= 4 is 11.4 Å². The van der Waals surface area contributed by atoms with Crippen LogP contribution in [0, 0.1) is 15.9 Å². The summed E-state index contributed by atoms with van der Waals surface area (Å²) in [6.45, 7) is 0.968. The largest absolute Gasteiger partial charge is 0.383 e. The first-order chi connectivity index (χ1) is 9.06. The molecule has 1 atom stereocenters. The molecular formula is C12H18FN3O3. The summed E-state index contributed by atoms with van der Waals surface area (Å²) in [5, 5.41) is 13.7. The van der Waals surface area contributed by atoms with Crippen LogP contribution in [0.2, 0.25) is 0 Å². The van der Waals surface area contributed by atoms with Crippen molar-refractivity contribution in [1.29, 1.82) is 0 Å². The number of rotatable bonds is 8. The number of nitro benzene ring substituents is 1. The lowest BCUT2D eigenvalue weighted by atomic mass is 10.1. The van der Waals surface area contributed by atoms with Crippen LogP contribution < -0.4 is 11.1 Å². The average molecular weight is 271 g/mol. The summed E-state index contributed by atoms with van der Waals surface area (Å²) in [4.78, 5) is 10.0. The first-order valence-corrected chi connectivity index (χ1v) is 5.97. The van der Waals surface area contributed by atoms with E-state index in [1.54, 1.807) is 7.11 Å². The summed E-state index contributed by atoms with van der Waals surface area (Å²) in [5.74, 6) is -0.647. The van der Waals surface area contributed by atoms with Crippen molar-refractivity contribution in [3.05, 3.63) is 34.1 Å². The van der Waals surface area contributed by atoms with Gasteiger partial charge in [0.15, 0.2) is 0 Å². The molecule has 0 saturated heterocycles. The van der Waals surface area contributed by atoms with E-state index in [0.717, 1.165) is 18.9 Å². The second-order valence-corrected chi connectivity index (χ2v) is 4.18. The number of methoxy groups -OCH3 is 1. The Morgan fingerprint density at radius 1 is 1.53 bits per heavy atom. The summed E-state index contributed by atoms with van der Waals surface area (Å²) in [6.07, 6.45) is 1.53. The van der Waals surface area contributed by atoms with E-state index in [1.807, 2.05) is 0 Å². The number of nitrogens with zero attached hydrogens (tertiary/aromatic N) is 1. The Labute approximate surface area is 110 Å². The number of halogens is 1. The van der Waals surface area contributed by atoms with Gasteiger partial charge in [-0.2, -0.15) is 0 Å². The smallest absolute Gasteiger partial charge is 0.274 e. The van der Waals surface area contributed by atoms with Crippen LogP contribution >= 0.6 is 0 Å². The van der Waals surface area contributed by atoms with Crippen molar-refractivity contribution in [2.45, 2.75) is 18.9 Å². The molecule has 0 aliphatic rings. The molecule has 7 heteroatoms. The van der Waals surface area contributed by atoms with Crippen LogP contribution in [-0.2, 0) is 4.74 Å². The van der Waals surface area contributed by atoms with E-state index < -0.39 is 10.7 Å². The predicted molar refractivity (Wildman–Crippen MR) is 70.6 cm³/mol. The van der Waals surface area contributed by atoms with Crippen LogP contribution in [0.4, 0.5) is 15.8 Å². The zero-order chi connectivity index (χ0) is 14.3. The summed E-state index contributed by atoms with van der Waals surface area (Å²) >= 11 is 0. The summed E-state index contributed by atoms with van der Waals surface area (Å²) in [6, 6.07) is 3.35. The quantitative estimate of drug-likeness (QED) is 0.556. The van der Waals surface area contributed by atoms with Crippen molar-refractivity contribution in [2.24, 2.45) is 5.73 Å². The number of hydrogen-bond acceptors (Lipinski definition) is 5. The van der Waals surface area contributed by atoms with Gasteiger partial charge in [0.2, 0.25) is 0 Å². The second kappa shape index (κ2) is 7.65. The highest BCUT2D eigenvalue weighted by atomic mass is 19.1. The molecule has 106 valence electrons. The molecule has 1 aromatic rings. The van der Waals surface area contributed by atoms with Crippen molar-refractivity contribution in [3.63, 3.8) is 0 Å². The molecule has 1 unspecified atom stereocenters. The molecule has 0 aromatic heterocycles. The number of non-ortho nitro benzene ring substituents is 1. The molecule has 0 radical (unpaired) electrons. The van der Waals surface area contributed by atoms with Crippen molar-refractivity contribution in [1.82, 2.24) is 0 Å². The van der Waals surface area contributed by atoms with Gasteiger partial charge in [0.1, 0.15) is 5.82 Å². The number of ether oxygens (including phenoxy) is 1. The van der Waals surface area contributed by atoms with Gasteiger partial charge in [0, 0.05) is 24.9 Å². The van der Waals surface area contributed by atoms with Crippen molar-refractivity contribution in [3.8, 4) is 0 Å². The van der Waals surface area contributed by atoms with E-state index in [2.05, 4.69) is 5.32 Å². The zero-order valence-corrected chi connectivity index (χ0v) is 10.8. The van der Waals surface area contributed by atoms with Crippen LogP contribution in [0.3, 0.4) is 0 Å². The number of hydrogen-bond donors (Lipinski definition) is 2. The fourth-order valence-electron chi connectivity index (χ4n) is 1.76. The Morgan fingerprint density at radius 3 is 2.84 bits per heavy atom. The molecule has 1 aromatic carbocycles. The Balaban J connectivity index is 2.79. The van der Waals surface area contributed by atoms with Gasteiger partial charge in [-0.05, 0) is 25.5 Å². The van der Waals surface area contributed by atoms with E-state index in [4.69, 9.17) is 10.5 Å². The zero-order valence-electron chi connectivity index (χ0n) is 10.8. The van der Waals surface area contributed by atoms with E-state index in [1.165, 1.54) is 12.1 Å². The minimum atomic E-state index is -0.647. The minimum absolute atomic E-state index is 0.0602. The van der Waals surface area contributed by atoms with Gasteiger partial charge in [0.05, 0.1) is 17.6 Å². The first kappa shape index (κ1) is 15.3. The molecule has 3 N–H and O–H groups in total. The number of nitro groups is 1. The number of nitrogens with two attached hydrogens (primary N) is 1. The third-order valence-corrected chi connectivity index (χ3v) is 2.59. The van der Waals surface area contributed by atoms with E-state index in [-0.39, 0.29) is 11.7 Å². The van der Waals surface area contributed by atoms with Crippen molar-refractivity contribution < 1.29 is 14.1 Å². The second-order valence-electron chi connectivity index (χ2n) is 4.18. The Hall–Kier alpha value is -1.73. The third-order valence-electron chi connectivity index (χ3n) is 2.59. The molecular weight excluding hydrogens is 253 g/mol. The van der Waals surface area contributed by atoms with Gasteiger partial charge < -0.3 is 15.8 Å². The van der Waals surface area contributed by atoms with Crippen molar-refractivity contribution in [2.75, 3.05) is 25.6 Å². The van der Waals surface area contributed by atoms with Crippen LogP contribution in [-0.4, -0.2) is 31.2 Å². The highest BCUT2D eigenvalue weighted by Gasteiger charge is 2.13. The SMILES string of the molecule is COCC(CCCN)Nc1cc(F)cc([N+](=O)[O-])c1. The summed E-state index contributed by atoms with van der Waals surface area (Å²) in [5.41, 5.74) is 5.52. The summed E-state index contributed by atoms with van der Waals surface area (Å²) in [7, 11) is 1.56. The van der Waals surface area contributed by atoms with Crippen LogP contribution in [0.25, 0.3) is 0 Å². The van der Waals surface area contributed by atoms with Crippen LogP contribution in [0.5, 0.6) is 0 Å². The normalized spacial score (nSPS) is 12.2. The number of anilines is 1. The molecule has 0 amide bonds. The molecule has 0 aliphatic heterocycles. The molecule has 0 fully saturated rings. The molecule has 0 bridgehead atoms. The van der Waals surface area contributed by atoms with Gasteiger partial charge >= 0.3 is 0 Å².